The Morgan fingerprint density at radius 1 is 1.23 bits per heavy atom. The SMILES string of the molecule is CN=C(NCCCNS(C)(=O)=O)NC(C)CCC(C)(C)C.I. The predicted molar refractivity (Wildman–Crippen MR) is 106 cm³/mol. The molecule has 1 unspecified atom stereocenters. The number of aliphatic imine (C=N–C) groups is 1. The Bertz CT molecular complexity index is 419. The van der Waals surface area contributed by atoms with Gasteiger partial charge < -0.3 is 10.6 Å². The van der Waals surface area contributed by atoms with Gasteiger partial charge in [0.2, 0.25) is 10.0 Å². The Morgan fingerprint density at radius 3 is 2.27 bits per heavy atom. The highest BCUT2D eigenvalue weighted by atomic mass is 127. The van der Waals surface area contributed by atoms with E-state index in [2.05, 4.69) is 48.0 Å². The summed E-state index contributed by atoms with van der Waals surface area (Å²) >= 11 is 0. The lowest BCUT2D eigenvalue weighted by molar-refractivity contribution is 0.346. The van der Waals surface area contributed by atoms with E-state index in [1.54, 1.807) is 7.05 Å². The first-order chi connectivity index (χ1) is 9.53. The van der Waals surface area contributed by atoms with Gasteiger partial charge in [-0.15, -0.1) is 24.0 Å². The average molecular weight is 448 g/mol. The molecule has 0 heterocycles. The molecule has 0 aromatic carbocycles. The van der Waals surface area contributed by atoms with Crippen LogP contribution in [0.5, 0.6) is 0 Å². The molecule has 0 saturated heterocycles. The molecule has 0 amide bonds. The molecule has 22 heavy (non-hydrogen) atoms. The van der Waals surface area contributed by atoms with Crippen LogP contribution in [0.4, 0.5) is 0 Å². The summed E-state index contributed by atoms with van der Waals surface area (Å²) < 4.78 is 24.3. The smallest absolute Gasteiger partial charge is 0.208 e. The van der Waals surface area contributed by atoms with Crippen LogP contribution in [0.1, 0.15) is 47.0 Å². The lowest BCUT2D eigenvalue weighted by atomic mass is 9.89. The highest BCUT2D eigenvalue weighted by molar-refractivity contribution is 14.0. The van der Waals surface area contributed by atoms with Crippen molar-refractivity contribution in [2.75, 3.05) is 26.4 Å². The van der Waals surface area contributed by atoms with E-state index in [9.17, 15) is 8.42 Å². The van der Waals surface area contributed by atoms with Crippen LogP contribution in [-0.4, -0.2) is 46.8 Å². The molecule has 0 aromatic rings. The number of nitrogens with one attached hydrogen (secondary N) is 3. The second-order valence-corrected chi connectivity index (χ2v) is 8.50. The van der Waals surface area contributed by atoms with Gasteiger partial charge in [-0.2, -0.15) is 0 Å². The lowest BCUT2D eigenvalue weighted by Gasteiger charge is -2.23. The molecule has 8 heteroatoms. The molecule has 0 aliphatic rings. The summed E-state index contributed by atoms with van der Waals surface area (Å²) in [5, 5.41) is 6.53. The summed E-state index contributed by atoms with van der Waals surface area (Å²) in [5.74, 6) is 0.760. The fourth-order valence-corrected chi connectivity index (χ4v) is 2.22. The second-order valence-electron chi connectivity index (χ2n) is 6.66. The minimum atomic E-state index is -3.09. The summed E-state index contributed by atoms with van der Waals surface area (Å²) in [6.07, 6.45) is 4.11. The van der Waals surface area contributed by atoms with Gasteiger partial charge in [-0.25, -0.2) is 13.1 Å². The van der Waals surface area contributed by atoms with Crippen molar-refractivity contribution in [2.45, 2.75) is 53.0 Å². The third-order valence-electron chi connectivity index (χ3n) is 2.94. The Hall–Kier alpha value is -0.0900. The minimum Gasteiger partial charge on any atom is -0.356 e. The Kier molecular flexibility index (Phi) is 12.6. The molecule has 0 rings (SSSR count). The Balaban J connectivity index is 0. The number of hydrogen-bond acceptors (Lipinski definition) is 3. The maximum absolute atomic E-state index is 10.9. The van der Waals surface area contributed by atoms with Crippen LogP contribution in [0.25, 0.3) is 0 Å². The molecule has 1 atom stereocenters. The molecular weight excluding hydrogens is 415 g/mol. The molecule has 0 saturated carbocycles. The van der Waals surface area contributed by atoms with E-state index in [1.807, 2.05) is 0 Å². The van der Waals surface area contributed by atoms with Crippen molar-refractivity contribution in [2.24, 2.45) is 10.4 Å². The number of nitrogens with zero attached hydrogens (tertiary/aromatic N) is 1. The molecule has 0 aromatic heterocycles. The van der Waals surface area contributed by atoms with Gasteiger partial charge in [-0.05, 0) is 31.6 Å². The van der Waals surface area contributed by atoms with Crippen LogP contribution in [-0.2, 0) is 10.0 Å². The van der Waals surface area contributed by atoms with Gasteiger partial charge in [-0.1, -0.05) is 20.8 Å². The monoisotopic (exact) mass is 448 g/mol. The van der Waals surface area contributed by atoms with Crippen molar-refractivity contribution in [1.82, 2.24) is 15.4 Å². The zero-order valence-electron chi connectivity index (χ0n) is 14.7. The van der Waals surface area contributed by atoms with E-state index in [0.717, 1.165) is 25.1 Å². The normalized spacial score (nSPS) is 14.2. The van der Waals surface area contributed by atoms with Crippen molar-refractivity contribution in [3.05, 3.63) is 0 Å². The van der Waals surface area contributed by atoms with Crippen molar-refractivity contribution in [3.63, 3.8) is 0 Å². The number of hydrogen-bond donors (Lipinski definition) is 3. The third-order valence-corrected chi connectivity index (χ3v) is 3.67. The largest absolute Gasteiger partial charge is 0.356 e. The van der Waals surface area contributed by atoms with Crippen molar-refractivity contribution in [3.8, 4) is 0 Å². The van der Waals surface area contributed by atoms with E-state index in [4.69, 9.17) is 0 Å². The van der Waals surface area contributed by atoms with Crippen LogP contribution in [0.2, 0.25) is 0 Å². The molecule has 3 N–H and O–H groups in total. The van der Waals surface area contributed by atoms with Crippen molar-refractivity contribution < 1.29 is 8.42 Å². The molecule has 0 aliphatic heterocycles. The molecule has 6 nitrogen and oxygen atoms in total. The fourth-order valence-electron chi connectivity index (χ4n) is 1.70. The van der Waals surface area contributed by atoms with Gasteiger partial charge in [0.05, 0.1) is 6.26 Å². The van der Waals surface area contributed by atoms with E-state index < -0.39 is 10.0 Å². The van der Waals surface area contributed by atoms with Gasteiger partial charge in [0.15, 0.2) is 5.96 Å². The maximum Gasteiger partial charge on any atom is 0.208 e. The van der Waals surface area contributed by atoms with Crippen molar-refractivity contribution in [1.29, 1.82) is 0 Å². The van der Waals surface area contributed by atoms with Gasteiger partial charge in [0.25, 0.3) is 0 Å². The van der Waals surface area contributed by atoms with E-state index in [0.29, 0.717) is 31.0 Å². The molecule has 0 fully saturated rings. The number of sulfonamides is 1. The van der Waals surface area contributed by atoms with Crippen LogP contribution >= 0.6 is 24.0 Å². The van der Waals surface area contributed by atoms with Gasteiger partial charge in [0.1, 0.15) is 0 Å². The van der Waals surface area contributed by atoms with Crippen LogP contribution in [0.15, 0.2) is 4.99 Å². The van der Waals surface area contributed by atoms with Crippen LogP contribution < -0.4 is 15.4 Å². The first kappa shape index (κ1) is 24.2. The fraction of sp³-hybridized carbons (Fsp3) is 0.929. The van der Waals surface area contributed by atoms with Crippen LogP contribution in [0.3, 0.4) is 0 Å². The summed E-state index contributed by atoms with van der Waals surface area (Å²) in [4.78, 5) is 4.17. The average Bonchev–Trinajstić information content (AvgIpc) is 2.32. The number of halogens is 1. The zero-order valence-corrected chi connectivity index (χ0v) is 17.8. The minimum absolute atomic E-state index is 0. The number of rotatable bonds is 8. The molecule has 0 aliphatic carbocycles. The first-order valence-corrected chi connectivity index (χ1v) is 9.34. The summed E-state index contributed by atoms with van der Waals surface area (Å²) in [7, 11) is -1.36. The lowest BCUT2D eigenvalue weighted by Crippen LogP contribution is -2.43. The Labute approximate surface area is 153 Å². The van der Waals surface area contributed by atoms with Gasteiger partial charge in [-0.3, -0.25) is 4.99 Å². The highest BCUT2D eigenvalue weighted by Crippen LogP contribution is 2.21. The standard InChI is InChI=1S/C14H32N4O2S.HI/c1-12(8-9-14(2,3)4)18-13(15-5)16-10-7-11-17-21(6,19)20;/h12,17H,7-11H2,1-6H3,(H2,15,16,18);1H. The molecular formula is C14H33IN4O2S. The predicted octanol–water partition coefficient (Wildman–Crippen LogP) is 1.92. The third kappa shape index (κ3) is 16.3. The van der Waals surface area contributed by atoms with E-state index in [1.165, 1.54) is 0 Å². The van der Waals surface area contributed by atoms with Crippen LogP contribution in [0, 0.1) is 5.41 Å². The second kappa shape index (κ2) is 11.4. The molecule has 0 spiro atoms. The topological polar surface area (TPSA) is 82.6 Å². The summed E-state index contributed by atoms with van der Waals surface area (Å²) in [6, 6.07) is 0.351. The first-order valence-electron chi connectivity index (χ1n) is 7.45. The van der Waals surface area contributed by atoms with Crippen molar-refractivity contribution >= 4 is 40.0 Å². The van der Waals surface area contributed by atoms with Gasteiger partial charge >= 0.3 is 0 Å². The van der Waals surface area contributed by atoms with E-state index in [-0.39, 0.29) is 24.0 Å². The maximum atomic E-state index is 10.9. The molecule has 134 valence electrons. The Morgan fingerprint density at radius 2 is 1.82 bits per heavy atom. The highest BCUT2D eigenvalue weighted by Gasteiger charge is 2.13. The zero-order chi connectivity index (χ0) is 16.5. The van der Waals surface area contributed by atoms with E-state index >= 15 is 0 Å². The molecule has 0 bridgehead atoms. The number of guanidine groups is 1. The quantitative estimate of drug-likeness (QED) is 0.229. The van der Waals surface area contributed by atoms with Gasteiger partial charge in [0, 0.05) is 26.2 Å². The molecule has 0 radical (unpaired) electrons. The summed E-state index contributed by atoms with van der Waals surface area (Å²) in [5.41, 5.74) is 0.338. The summed E-state index contributed by atoms with van der Waals surface area (Å²) in [6.45, 7) is 9.96.